The minimum absolute atomic E-state index is 0. The predicted octanol–water partition coefficient (Wildman–Crippen LogP) is 3.76. The number of piperidine rings is 2. The molecule has 0 radical (unpaired) electrons. The van der Waals surface area contributed by atoms with Crippen molar-refractivity contribution >= 4 is 18.3 Å². The van der Waals surface area contributed by atoms with Gasteiger partial charge in [0, 0.05) is 18.7 Å². The molecule has 5 nitrogen and oxygen atoms in total. The van der Waals surface area contributed by atoms with Crippen molar-refractivity contribution < 1.29 is 14.3 Å². The number of hydrogen-bond donors (Lipinski definition) is 1. The number of rotatable bonds is 5. The maximum atomic E-state index is 12.9. The van der Waals surface area contributed by atoms with Crippen molar-refractivity contribution in [2.45, 2.75) is 39.5 Å². The summed E-state index contributed by atoms with van der Waals surface area (Å²) in [6, 6.07) is 5.52. The van der Waals surface area contributed by atoms with Crippen LogP contribution in [-0.4, -0.2) is 50.7 Å². The number of benzene rings is 1. The van der Waals surface area contributed by atoms with Crippen LogP contribution in [0.3, 0.4) is 0 Å². The topological polar surface area (TPSA) is 50.8 Å². The molecule has 0 unspecified atom stereocenters. The lowest BCUT2D eigenvalue weighted by molar-refractivity contribution is 0.0495. The summed E-state index contributed by atoms with van der Waals surface area (Å²) in [5, 5.41) is 3.44. The number of halogens is 1. The van der Waals surface area contributed by atoms with E-state index in [9.17, 15) is 4.79 Å². The quantitative estimate of drug-likeness (QED) is 0.823. The van der Waals surface area contributed by atoms with Crippen LogP contribution in [0.5, 0.6) is 11.5 Å². The zero-order chi connectivity index (χ0) is 18.6. The van der Waals surface area contributed by atoms with E-state index in [-0.39, 0.29) is 18.3 Å². The highest BCUT2D eigenvalue weighted by Crippen LogP contribution is 2.40. The van der Waals surface area contributed by atoms with E-state index in [1.807, 2.05) is 23.1 Å². The van der Waals surface area contributed by atoms with Gasteiger partial charge in [0.05, 0.1) is 13.7 Å². The minimum atomic E-state index is 0. The number of methoxy groups -OCH3 is 1. The van der Waals surface area contributed by atoms with Crippen LogP contribution in [0.15, 0.2) is 18.2 Å². The summed E-state index contributed by atoms with van der Waals surface area (Å²) >= 11 is 0. The van der Waals surface area contributed by atoms with Gasteiger partial charge in [-0.2, -0.15) is 0 Å². The first-order valence-electron chi connectivity index (χ1n) is 9.84. The van der Waals surface area contributed by atoms with Crippen molar-refractivity contribution in [3.8, 4) is 11.5 Å². The van der Waals surface area contributed by atoms with Crippen molar-refractivity contribution in [1.82, 2.24) is 10.2 Å². The van der Waals surface area contributed by atoms with E-state index in [0.717, 1.165) is 39.0 Å². The Balaban J connectivity index is 0.00000261. The molecule has 1 N–H and O–H groups in total. The van der Waals surface area contributed by atoms with Gasteiger partial charge in [-0.15, -0.1) is 12.4 Å². The molecule has 0 atom stereocenters. The van der Waals surface area contributed by atoms with Crippen LogP contribution in [0.25, 0.3) is 0 Å². The molecule has 0 aliphatic carbocycles. The molecule has 2 saturated heterocycles. The van der Waals surface area contributed by atoms with Gasteiger partial charge in [0.2, 0.25) is 0 Å². The molecule has 2 aliphatic rings. The lowest BCUT2D eigenvalue weighted by atomic mass is 9.71. The first-order valence-corrected chi connectivity index (χ1v) is 9.84. The number of ether oxygens (including phenoxy) is 2. The van der Waals surface area contributed by atoms with Crippen molar-refractivity contribution in [3.63, 3.8) is 0 Å². The average molecular weight is 397 g/mol. The highest BCUT2D eigenvalue weighted by Gasteiger charge is 2.36. The molecule has 0 saturated carbocycles. The van der Waals surface area contributed by atoms with Crippen LogP contribution in [0.1, 0.15) is 49.9 Å². The number of nitrogens with one attached hydrogen (secondary N) is 1. The largest absolute Gasteiger partial charge is 0.493 e. The minimum Gasteiger partial charge on any atom is -0.493 e. The molecule has 2 heterocycles. The van der Waals surface area contributed by atoms with Crippen LogP contribution in [-0.2, 0) is 0 Å². The number of hydrogen-bond acceptors (Lipinski definition) is 4. The van der Waals surface area contributed by atoms with E-state index in [1.165, 1.54) is 12.8 Å². The fraction of sp³-hybridized carbons (Fsp3) is 0.667. The highest BCUT2D eigenvalue weighted by atomic mass is 35.5. The Hall–Kier alpha value is -1.46. The molecule has 1 aromatic rings. The van der Waals surface area contributed by atoms with Crippen molar-refractivity contribution in [3.05, 3.63) is 23.8 Å². The Morgan fingerprint density at radius 1 is 1.15 bits per heavy atom. The number of likely N-dealkylation sites (tertiary alicyclic amines) is 1. The number of carbonyl (C=O) groups excluding carboxylic acids is 1. The fourth-order valence-corrected chi connectivity index (χ4v) is 4.00. The normalized spacial score (nSPS) is 18.9. The molecule has 2 fully saturated rings. The third-order valence-corrected chi connectivity index (χ3v) is 5.76. The van der Waals surface area contributed by atoms with E-state index < -0.39 is 0 Å². The molecule has 3 rings (SSSR count). The Morgan fingerprint density at radius 2 is 1.81 bits per heavy atom. The van der Waals surface area contributed by atoms with E-state index in [4.69, 9.17) is 9.47 Å². The molecule has 27 heavy (non-hydrogen) atoms. The molecule has 2 aliphatic heterocycles. The van der Waals surface area contributed by atoms with E-state index in [0.29, 0.717) is 35.0 Å². The fourth-order valence-electron chi connectivity index (χ4n) is 4.00. The summed E-state index contributed by atoms with van der Waals surface area (Å²) in [5.41, 5.74) is 1.13. The lowest BCUT2D eigenvalue weighted by Crippen LogP contribution is -2.47. The zero-order valence-electron chi connectivity index (χ0n) is 16.8. The molecule has 0 bridgehead atoms. The predicted molar refractivity (Wildman–Crippen MR) is 110 cm³/mol. The highest BCUT2D eigenvalue weighted by molar-refractivity contribution is 5.95. The lowest BCUT2D eigenvalue weighted by Gasteiger charge is -2.44. The van der Waals surface area contributed by atoms with Gasteiger partial charge >= 0.3 is 0 Å². The summed E-state index contributed by atoms with van der Waals surface area (Å²) in [7, 11) is 1.62. The second-order valence-corrected chi connectivity index (χ2v) is 8.11. The summed E-state index contributed by atoms with van der Waals surface area (Å²) < 4.78 is 11.2. The van der Waals surface area contributed by atoms with Gasteiger partial charge in [-0.05, 0) is 68.3 Å². The van der Waals surface area contributed by atoms with Gasteiger partial charge in [-0.3, -0.25) is 4.79 Å². The van der Waals surface area contributed by atoms with Gasteiger partial charge in [-0.25, -0.2) is 0 Å². The zero-order valence-corrected chi connectivity index (χ0v) is 17.6. The van der Waals surface area contributed by atoms with Crippen LogP contribution in [0.2, 0.25) is 0 Å². The third-order valence-electron chi connectivity index (χ3n) is 5.76. The molecular formula is C21H33ClN2O3. The maximum absolute atomic E-state index is 12.9. The summed E-state index contributed by atoms with van der Waals surface area (Å²) in [5.74, 6) is 1.87. The molecular weight excluding hydrogens is 364 g/mol. The van der Waals surface area contributed by atoms with Gasteiger partial charge in [0.25, 0.3) is 5.91 Å². The third kappa shape index (κ3) is 5.29. The number of amides is 1. The van der Waals surface area contributed by atoms with Crippen molar-refractivity contribution in [2.75, 3.05) is 39.9 Å². The SMILES string of the molecule is COc1cc(C(=O)N2CCC3(CCNCC3)CC2)ccc1OCC(C)C.Cl. The molecule has 1 amide bonds. The first kappa shape index (κ1) is 21.8. The molecule has 1 spiro atoms. The molecule has 0 aromatic heterocycles. The Kier molecular flexibility index (Phi) is 7.80. The van der Waals surface area contributed by atoms with Gasteiger partial charge in [-0.1, -0.05) is 13.8 Å². The summed E-state index contributed by atoms with van der Waals surface area (Å²) in [4.78, 5) is 14.9. The average Bonchev–Trinajstić information content (AvgIpc) is 2.67. The van der Waals surface area contributed by atoms with Crippen LogP contribution in [0.4, 0.5) is 0 Å². The molecule has 6 heteroatoms. The van der Waals surface area contributed by atoms with E-state index in [1.54, 1.807) is 7.11 Å². The molecule has 152 valence electrons. The van der Waals surface area contributed by atoms with Crippen molar-refractivity contribution in [1.29, 1.82) is 0 Å². The van der Waals surface area contributed by atoms with Crippen LogP contribution >= 0.6 is 12.4 Å². The Morgan fingerprint density at radius 3 is 2.41 bits per heavy atom. The summed E-state index contributed by atoms with van der Waals surface area (Å²) in [6.07, 6.45) is 4.72. The van der Waals surface area contributed by atoms with Gasteiger partial charge in [0.15, 0.2) is 11.5 Å². The Labute approximate surface area is 169 Å². The van der Waals surface area contributed by atoms with Crippen LogP contribution in [0, 0.1) is 11.3 Å². The number of carbonyl (C=O) groups is 1. The van der Waals surface area contributed by atoms with Gasteiger partial charge < -0.3 is 19.7 Å². The smallest absolute Gasteiger partial charge is 0.253 e. The standard InChI is InChI=1S/C21H32N2O3.ClH/c1-16(2)15-26-18-5-4-17(14-19(18)25-3)20(24)23-12-8-21(9-13-23)6-10-22-11-7-21;/h4-5,14,16,22H,6-13,15H2,1-3H3;1H. The van der Waals surface area contributed by atoms with Crippen molar-refractivity contribution in [2.24, 2.45) is 11.3 Å². The number of nitrogens with zero attached hydrogens (tertiary/aromatic N) is 1. The second-order valence-electron chi connectivity index (χ2n) is 8.11. The van der Waals surface area contributed by atoms with Crippen LogP contribution < -0.4 is 14.8 Å². The molecule has 1 aromatic carbocycles. The Bertz CT molecular complexity index is 620. The van der Waals surface area contributed by atoms with E-state index >= 15 is 0 Å². The van der Waals surface area contributed by atoms with Gasteiger partial charge in [0.1, 0.15) is 0 Å². The summed E-state index contributed by atoms with van der Waals surface area (Å²) in [6.45, 7) is 8.78. The van der Waals surface area contributed by atoms with E-state index in [2.05, 4.69) is 19.2 Å². The first-order chi connectivity index (χ1) is 12.5. The maximum Gasteiger partial charge on any atom is 0.253 e. The second kappa shape index (κ2) is 9.65. The monoisotopic (exact) mass is 396 g/mol.